The lowest BCUT2D eigenvalue weighted by Crippen LogP contribution is -2.17. The Morgan fingerprint density at radius 1 is 1.16 bits per heavy atom. The van der Waals surface area contributed by atoms with Crippen molar-refractivity contribution in [1.29, 1.82) is 0 Å². The predicted molar refractivity (Wildman–Crippen MR) is 99.0 cm³/mol. The monoisotopic (exact) mass is 417 g/mol. The Morgan fingerprint density at radius 2 is 1.92 bits per heavy atom. The van der Waals surface area contributed by atoms with Crippen LogP contribution in [0.5, 0.6) is 5.75 Å². The highest BCUT2D eigenvalue weighted by Gasteiger charge is 2.25. The second-order valence-electron chi connectivity index (χ2n) is 5.18. The summed E-state index contributed by atoms with van der Waals surface area (Å²) >= 11 is 4.21. The molecule has 0 spiro atoms. The van der Waals surface area contributed by atoms with Gasteiger partial charge in [-0.05, 0) is 57.0 Å². The zero-order valence-electron chi connectivity index (χ0n) is 12.8. The normalized spacial score (nSPS) is 15.3. The number of halogens is 1. The topological polar surface area (TPSA) is 72.5 Å². The minimum atomic E-state index is -0.413. The van der Waals surface area contributed by atoms with E-state index in [4.69, 9.17) is 4.74 Å². The van der Waals surface area contributed by atoms with Crippen molar-refractivity contribution < 1.29 is 19.1 Å². The molecule has 3 rings (SSSR count). The van der Waals surface area contributed by atoms with Crippen LogP contribution in [0.4, 0.5) is 4.79 Å². The number of rotatable bonds is 4. The molecule has 25 heavy (non-hydrogen) atoms. The molecule has 7 heteroatoms. The summed E-state index contributed by atoms with van der Waals surface area (Å²) in [4.78, 5) is 35.1. The molecule has 1 N–H and O–H groups in total. The molecule has 0 aromatic heterocycles. The Labute approximate surface area is 156 Å². The fourth-order valence-corrected chi connectivity index (χ4v) is 3.34. The summed E-state index contributed by atoms with van der Waals surface area (Å²) in [6, 6.07) is 14.4. The van der Waals surface area contributed by atoms with E-state index in [1.165, 1.54) is 0 Å². The second kappa shape index (κ2) is 7.67. The van der Waals surface area contributed by atoms with Gasteiger partial charge in [-0.3, -0.25) is 19.7 Å². The highest BCUT2D eigenvalue weighted by molar-refractivity contribution is 9.10. The maximum absolute atomic E-state index is 12.0. The first-order valence-corrected chi connectivity index (χ1v) is 8.91. The first-order chi connectivity index (χ1) is 12.0. The summed E-state index contributed by atoms with van der Waals surface area (Å²) in [5.74, 6) is -0.388. The average molecular weight is 418 g/mol. The number of benzene rings is 2. The average Bonchev–Trinajstić information content (AvgIpc) is 2.88. The van der Waals surface area contributed by atoms with Crippen molar-refractivity contribution in [3.8, 4) is 5.75 Å². The number of carbonyl (C=O) groups is 3. The molecular weight excluding hydrogens is 406 g/mol. The molecule has 1 fully saturated rings. The molecule has 0 aliphatic carbocycles. The number of esters is 1. The fraction of sp³-hybridized carbons (Fsp3) is 0.0556. The molecule has 1 aliphatic rings. The number of nitrogens with one attached hydrogen (secondary N) is 1. The van der Waals surface area contributed by atoms with Gasteiger partial charge in [0.2, 0.25) is 0 Å². The Bertz CT molecular complexity index is 880. The molecule has 1 heterocycles. The Kier molecular flexibility index (Phi) is 5.35. The Morgan fingerprint density at radius 3 is 2.56 bits per heavy atom. The van der Waals surface area contributed by atoms with Gasteiger partial charge in [0, 0.05) is 0 Å². The van der Waals surface area contributed by atoms with Gasteiger partial charge in [-0.25, -0.2) is 0 Å². The number of carbonyl (C=O) groups excluding carboxylic acids is 3. The van der Waals surface area contributed by atoms with Crippen LogP contribution in [0.15, 0.2) is 57.9 Å². The molecule has 1 saturated heterocycles. The molecule has 0 atom stereocenters. The van der Waals surface area contributed by atoms with Crippen molar-refractivity contribution in [2.45, 2.75) is 6.42 Å². The standard InChI is InChI=1S/C18H12BrNO4S/c19-13-8-12(9-15-17(22)20-18(23)25-15)6-7-14(13)24-16(21)10-11-4-2-1-3-5-11/h1-9H,10H2,(H,20,22,23). The number of imide groups is 1. The van der Waals surface area contributed by atoms with Gasteiger partial charge in [0.15, 0.2) is 0 Å². The quantitative estimate of drug-likeness (QED) is 0.463. The molecule has 0 bridgehead atoms. The zero-order chi connectivity index (χ0) is 17.8. The molecule has 1 aliphatic heterocycles. The number of thioether (sulfide) groups is 1. The van der Waals surface area contributed by atoms with Crippen molar-refractivity contribution in [2.75, 3.05) is 0 Å². The summed E-state index contributed by atoms with van der Waals surface area (Å²) in [5, 5.41) is 1.81. The third-order valence-corrected chi connectivity index (χ3v) is 4.74. The molecule has 5 nitrogen and oxygen atoms in total. The summed E-state index contributed by atoms with van der Waals surface area (Å²) in [5.41, 5.74) is 1.58. The molecule has 0 saturated carbocycles. The van der Waals surface area contributed by atoms with E-state index in [-0.39, 0.29) is 17.6 Å². The maximum atomic E-state index is 12.0. The van der Waals surface area contributed by atoms with Gasteiger partial charge in [-0.2, -0.15) is 0 Å². The molecule has 2 aromatic carbocycles. The van der Waals surface area contributed by atoms with Gasteiger partial charge >= 0.3 is 5.97 Å². The van der Waals surface area contributed by atoms with Crippen LogP contribution in [0.2, 0.25) is 0 Å². The number of amides is 2. The van der Waals surface area contributed by atoms with E-state index in [9.17, 15) is 14.4 Å². The molecule has 126 valence electrons. The lowest BCUT2D eigenvalue weighted by molar-refractivity contribution is -0.133. The van der Waals surface area contributed by atoms with E-state index in [0.717, 1.165) is 17.3 Å². The van der Waals surface area contributed by atoms with E-state index >= 15 is 0 Å². The van der Waals surface area contributed by atoms with Crippen LogP contribution in [-0.2, 0) is 16.0 Å². The SMILES string of the molecule is O=C(Cc1ccccc1)Oc1ccc(C=C2SC(=O)NC2=O)cc1Br. The highest BCUT2D eigenvalue weighted by atomic mass is 79.9. The van der Waals surface area contributed by atoms with Gasteiger partial charge in [0.05, 0.1) is 15.8 Å². The maximum Gasteiger partial charge on any atom is 0.315 e. The summed E-state index contributed by atoms with van der Waals surface area (Å²) < 4.78 is 5.95. The van der Waals surface area contributed by atoms with Gasteiger partial charge in [0.25, 0.3) is 11.1 Å². The smallest absolute Gasteiger partial charge is 0.315 e. The van der Waals surface area contributed by atoms with Crippen molar-refractivity contribution in [3.63, 3.8) is 0 Å². The first kappa shape index (κ1) is 17.4. The third-order valence-electron chi connectivity index (χ3n) is 3.31. The molecular formula is C18H12BrNO4S. The summed E-state index contributed by atoms with van der Waals surface area (Å²) in [6.07, 6.45) is 1.78. The lowest BCUT2D eigenvalue weighted by atomic mass is 10.1. The minimum absolute atomic E-state index is 0.179. The van der Waals surface area contributed by atoms with Crippen molar-refractivity contribution >= 4 is 50.9 Å². The number of hydrogen-bond acceptors (Lipinski definition) is 5. The van der Waals surface area contributed by atoms with Crippen LogP contribution in [0, 0.1) is 0 Å². The van der Waals surface area contributed by atoms with Gasteiger partial charge in [-0.15, -0.1) is 0 Å². The fourth-order valence-electron chi connectivity index (χ4n) is 2.18. The second-order valence-corrected chi connectivity index (χ2v) is 7.05. The molecule has 0 radical (unpaired) electrons. The Balaban J connectivity index is 1.70. The van der Waals surface area contributed by atoms with E-state index in [2.05, 4.69) is 21.2 Å². The van der Waals surface area contributed by atoms with Crippen LogP contribution in [-0.4, -0.2) is 17.1 Å². The van der Waals surface area contributed by atoms with Crippen LogP contribution in [0.1, 0.15) is 11.1 Å². The number of ether oxygens (including phenoxy) is 1. The van der Waals surface area contributed by atoms with Gasteiger partial charge in [0.1, 0.15) is 5.75 Å². The lowest BCUT2D eigenvalue weighted by Gasteiger charge is -2.07. The first-order valence-electron chi connectivity index (χ1n) is 7.30. The third kappa shape index (κ3) is 4.58. The van der Waals surface area contributed by atoms with Crippen LogP contribution in [0.25, 0.3) is 6.08 Å². The van der Waals surface area contributed by atoms with E-state index in [1.807, 2.05) is 30.3 Å². The molecule has 2 aromatic rings. The van der Waals surface area contributed by atoms with Crippen LogP contribution < -0.4 is 10.1 Å². The van der Waals surface area contributed by atoms with Crippen LogP contribution in [0.3, 0.4) is 0 Å². The van der Waals surface area contributed by atoms with Crippen LogP contribution >= 0.6 is 27.7 Å². The predicted octanol–water partition coefficient (Wildman–Crippen LogP) is 3.92. The van der Waals surface area contributed by atoms with E-state index in [1.54, 1.807) is 24.3 Å². The van der Waals surface area contributed by atoms with Gasteiger partial charge in [-0.1, -0.05) is 36.4 Å². The molecule has 2 amide bonds. The summed E-state index contributed by atoms with van der Waals surface area (Å²) in [7, 11) is 0. The summed E-state index contributed by atoms with van der Waals surface area (Å²) in [6.45, 7) is 0. The highest BCUT2D eigenvalue weighted by Crippen LogP contribution is 2.30. The molecule has 0 unspecified atom stereocenters. The van der Waals surface area contributed by atoms with Gasteiger partial charge < -0.3 is 4.74 Å². The Hall–Kier alpha value is -2.38. The van der Waals surface area contributed by atoms with Crippen molar-refractivity contribution in [3.05, 3.63) is 69.0 Å². The van der Waals surface area contributed by atoms with E-state index in [0.29, 0.717) is 20.7 Å². The largest absolute Gasteiger partial charge is 0.425 e. The number of hydrogen-bond donors (Lipinski definition) is 1. The van der Waals surface area contributed by atoms with Crippen molar-refractivity contribution in [1.82, 2.24) is 5.32 Å². The zero-order valence-corrected chi connectivity index (χ0v) is 15.2. The minimum Gasteiger partial charge on any atom is -0.425 e. The van der Waals surface area contributed by atoms with E-state index < -0.39 is 5.91 Å². The van der Waals surface area contributed by atoms with Crippen molar-refractivity contribution in [2.24, 2.45) is 0 Å².